The van der Waals surface area contributed by atoms with Crippen molar-refractivity contribution in [3.63, 3.8) is 0 Å². The van der Waals surface area contributed by atoms with Crippen molar-refractivity contribution in [2.24, 2.45) is 11.3 Å². The predicted octanol–water partition coefficient (Wildman–Crippen LogP) is 3.41. The van der Waals surface area contributed by atoms with Gasteiger partial charge in [0, 0.05) is 18.0 Å². The minimum absolute atomic E-state index is 0.0231. The fraction of sp³-hybridized carbons (Fsp3) is 0.611. The van der Waals surface area contributed by atoms with Gasteiger partial charge in [0.05, 0.1) is 0 Å². The second-order valence-corrected chi connectivity index (χ2v) is 7.58. The molecular weight excluding hydrogens is 296 g/mol. The molecule has 2 N–H and O–H groups in total. The summed E-state index contributed by atoms with van der Waals surface area (Å²) in [5, 5.41) is 7.20. The van der Waals surface area contributed by atoms with E-state index in [2.05, 4.69) is 30.5 Å². The molecule has 3 nitrogen and oxygen atoms in total. The number of carbonyl (C=O) groups is 1. The molecular formula is C18H27ClN2O. The van der Waals surface area contributed by atoms with Crippen LogP contribution in [0.5, 0.6) is 0 Å². The lowest BCUT2D eigenvalue weighted by Crippen LogP contribution is -2.35. The normalized spacial score (nSPS) is 18.4. The standard InChI is InChI=1S/C18H27ClN2O/c1-18(2,11-15-4-3-5-16(19)10-15)13-21-17(22)7-6-14-8-9-20-12-14/h3-5,10,14,20H,6-9,11-13H2,1-2H3,(H,21,22). The monoisotopic (exact) mass is 322 g/mol. The van der Waals surface area contributed by atoms with E-state index in [-0.39, 0.29) is 11.3 Å². The molecule has 2 rings (SSSR count). The van der Waals surface area contributed by atoms with E-state index in [1.807, 2.05) is 18.2 Å². The van der Waals surface area contributed by atoms with Crippen molar-refractivity contribution in [3.05, 3.63) is 34.9 Å². The third-order valence-electron chi connectivity index (χ3n) is 4.28. The van der Waals surface area contributed by atoms with Gasteiger partial charge < -0.3 is 10.6 Å². The highest BCUT2D eigenvalue weighted by Gasteiger charge is 2.20. The molecule has 4 heteroatoms. The highest BCUT2D eigenvalue weighted by atomic mass is 35.5. The number of nitrogens with one attached hydrogen (secondary N) is 2. The number of carbonyl (C=O) groups excluding carboxylic acids is 1. The van der Waals surface area contributed by atoms with Crippen molar-refractivity contribution in [1.29, 1.82) is 0 Å². The molecule has 1 aliphatic rings. The van der Waals surface area contributed by atoms with Gasteiger partial charge in [0.15, 0.2) is 0 Å². The molecule has 1 aromatic rings. The largest absolute Gasteiger partial charge is 0.356 e. The number of halogens is 1. The Morgan fingerprint density at radius 1 is 1.45 bits per heavy atom. The van der Waals surface area contributed by atoms with Crippen LogP contribution in [0, 0.1) is 11.3 Å². The molecule has 1 aliphatic heterocycles. The first-order valence-corrected chi connectivity index (χ1v) is 8.54. The zero-order chi connectivity index (χ0) is 16.0. The van der Waals surface area contributed by atoms with Gasteiger partial charge in [0.1, 0.15) is 0 Å². The van der Waals surface area contributed by atoms with Crippen LogP contribution >= 0.6 is 11.6 Å². The van der Waals surface area contributed by atoms with Crippen molar-refractivity contribution in [3.8, 4) is 0 Å². The first-order chi connectivity index (χ1) is 10.4. The van der Waals surface area contributed by atoms with Crippen molar-refractivity contribution in [2.45, 2.75) is 39.5 Å². The molecule has 0 saturated carbocycles. The lowest BCUT2D eigenvalue weighted by atomic mass is 9.85. The molecule has 0 spiro atoms. The molecule has 1 amide bonds. The zero-order valence-corrected chi connectivity index (χ0v) is 14.4. The molecule has 0 bridgehead atoms. The van der Waals surface area contributed by atoms with Crippen LogP contribution in [0.3, 0.4) is 0 Å². The van der Waals surface area contributed by atoms with E-state index >= 15 is 0 Å². The van der Waals surface area contributed by atoms with Crippen molar-refractivity contribution >= 4 is 17.5 Å². The number of hydrogen-bond acceptors (Lipinski definition) is 2. The van der Waals surface area contributed by atoms with Gasteiger partial charge in [0.2, 0.25) is 5.91 Å². The van der Waals surface area contributed by atoms with Crippen LogP contribution in [0.15, 0.2) is 24.3 Å². The van der Waals surface area contributed by atoms with E-state index < -0.39 is 0 Å². The van der Waals surface area contributed by atoms with Crippen LogP contribution in [0.4, 0.5) is 0 Å². The number of amides is 1. The van der Waals surface area contributed by atoms with Gasteiger partial charge in [-0.05, 0) is 61.4 Å². The Morgan fingerprint density at radius 2 is 2.27 bits per heavy atom. The van der Waals surface area contributed by atoms with Gasteiger partial charge in [-0.2, -0.15) is 0 Å². The van der Waals surface area contributed by atoms with Crippen LogP contribution in [-0.4, -0.2) is 25.5 Å². The van der Waals surface area contributed by atoms with Crippen molar-refractivity contribution < 1.29 is 4.79 Å². The Balaban J connectivity index is 1.72. The first kappa shape index (κ1) is 17.3. The summed E-state index contributed by atoms with van der Waals surface area (Å²) in [6.07, 6.45) is 3.74. The molecule has 0 aromatic heterocycles. The molecule has 1 heterocycles. The minimum Gasteiger partial charge on any atom is -0.356 e. The Hall–Kier alpha value is -1.06. The zero-order valence-electron chi connectivity index (χ0n) is 13.6. The second-order valence-electron chi connectivity index (χ2n) is 7.15. The van der Waals surface area contributed by atoms with E-state index in [1.165, 1.54) is 12.0 Å². The lowest BCUT2D eigenvalue weighted by molar-refractivity contribution is -0.121. The third kappa shape index (κ3) is 5.98. The van der Waals surface area contributed by atoms with E-state index in [0.29, 0.717) is 18.9 Å². The average molecular weight is 323 g/mol. The fourth-order valence-electron chi connectivity index (χ4n) is 2.98. The SMILES string of the molecule is CC(C)(CNC(=O)CCC1CCNC1)Cc1cccc(Cl)c1. The van der Waals surface area contributed by atoms with Gasteiger partial charge >= 0.3 is 0 Å². The first-order valence-electron chi connectivity index (χ1n) is 8.16. The van der Waals surface area contributed by atoms with Crippen molar-refractivity contribution in [2.75, 3.05) is 19.6 Å². The molecule has 122 valence electrons. The van der Waals surface area contributed by atoms with Gasteiger partial charge in [-0.1, -0.05) is 37.6 Å². The Kier molecular flexibility index (Phi) is 6.27. The number of hydrogen-bond donors (Lipinski definition) is 2. The third-order valence-corrected chi connectivity index (χ3v) is 4.51. The summed E-state index contributed by atoms with van der Waals surface area (Å²) in [5.74, 6) is 0.844. The molecule has 1 fully saturated rings. The quantitative estimate of drug-likeness (QED) is 0.807. The van der Waals surface area contributed by atoms with Gasteiger partial charge in [-0.25, -0.2) is 0 Å². The smallest absolute Gasteiger partial charge is 0.220 e. The maximum Gasteiger partial charge on any atom is 0.220 e. The fourth-order valence-corrected chi connectivity index (χ4v) is 3.20. The maximum atomic E-state index is 12.0. The summed E-state index contributed by atoms with van der Waals surface area (Å²) in [7, 11) is 0. The Labute approximate surface area is 138 Å². The van der Waals surface area contributed by atoms with Gasteiger partial charge in [0.25, 0.3) is 0 Å². The number of rotatable bonds is 7. The average Bonchev–Trinajstić information content (AvgIpc) is 2.96. The van der Waals surface area contributed by atoms with E-state index in [4.69, 9.17) is 11.6 Å². The van der Waals surface area contributed by atoms with Gasteiger partial charge in [-0.15, -0.1) is 0 Å². The van der Waals surface area contributed by atoms with Crippen LogP contribution < -0.4 is 10.6 Å². The van der Waals surface area contributed by atoms with E-state index in [1.54, 1.807) is 0 Å². The lowest BCUT2D eigenvalue weighted by Gasteiger charge is -2.25. The van der Waals surface area contributed by atoms with Crippen LogP contribution in [0.1, 0.15) is 38.7 Å². The second kappa shape index (κ2) is 7.98. The van der Waals surface area contributed by atoms with Gasteiger partial charge in [-0.3, -0.25) is 4.79 Å². The highest BCUT2D eigenvalue weighted by molar-refractivity contribution is 6.30. The molecule has 1 unspecified atom stereocenters. The van der Waals surface area contributed by atoms with Crippen LogP contribution in [-0.2, 0) is 11.2 Å². The molecule has 0 aliphatic carbocycles. The summed E-state index contributed by atoms with van der Waals surface area (Å²) >= 11 is 6.03. The molecule has 1 atom stereocenters. The summed E-state index contributed by atoms with van der Waals surface area (Å²) < 4.78 is 0. The summed E-state index contributed by atoms with van der Waals surface area (Å²) in [4.78, 5) is 12.0. The summed E-state index contributed by atoms with van der Waals surface area (Å²) in [5.41, 5.74) is 1.23. The van der Waals surface area contributed by atoms with Crippen LogP contribution in [0.2, 0.25) is 5.02 Å². The maximum absolute atomic E-state index is 12.0. The topological polar surface area (TPSA) is 41.1 Å². The van der Waals surface area contributed by atoms with Crippen LogP contribution in [0.25, 0.3) is 0 Å². The Bertz CT molecular complexity index is 496. The molecule has 0 radical (unpaired) electrons. The highest BCUT2D eigenvalue weighted by Crippen LogP contribution is 2.23. The minimum atomic E-state index is 0.0231. The number of benzene rings is 1. The van der Waals surface area contributed by atoms with E-state index in [9.17, 15) is 4.79 Å². The molecule has 1 aromatic carbocycles. The summed E-state index contributed by atoms with van der Waals surface area (Å²) in [6, 6.07) is 7.94. The molecule has 22 heavy (non-hydrogen) atoms. The summed E-state index contributed by atoms with van der Waals surface area (Å²) in [6.45, 7) is 7.21. The predicted molar refractivity (Wildman–Crippen MR) is 92.2 cm³/mol. The van der Waals surface area contributed by atoms with Crippen molar-refractivity contribution in [1.82, 2.24) is 10.6 Å². The Morgan fingerprint density at radius 3 is 2.95 bits per heavy atom. The van der Waals surface area contributed by atoms with E-state index in [0.717, 1.165) is 31.0 Å². The molecule has 1 saturated heterocycles.